The first-order valence-electron chi connectivity index (χ1n) is 8.01. The number of hydrogen-bond donors (Lipinski definition) is 1. The molecule has 26 heavy (non-hydrogen) atoms. The van der Waals surface area contributed by atoms with E-state index in [0.717, 1.165) is 17.9 Å². The zero-order valence-corrected chi connectivity index (χ0v) is 14.9. The lowest BCUT2D eigenvalue weighted by atomic mass is 10.4. The van der Waals surface area contributed by atoms with E-state index in [4.69, 9.17) is 11.6 Å². The number of amides is 1. The number of carbonyl (C=O) groups is 1. The van der Waals surface area contributed by atoms with Gasteiger partial charge in [0.1, 0.15) is 5.03 Å². The standard InChI is InChI=1S/C16H12ClN7OS/c17-10-3-4-13-20-21-16(23(13)7-10)26-14-6-5-12-18-11(8-24(12)22-14)19-15(25)9-1-2-9/h3-9H,1-2H2,(H,19,25). The Balaban J connectivity index is 1.43. The van der Waals surface area contributed by atoms with Gasteiger partial charge in [-0.15, -0.1) is 10.2 Å². The molecule has 1 amide bonds. The van der Waals surface area contributed by atoms with Crippen LogP contribution in [0.25, 0.3) is 11.3 Å². The first kappa shape index (κ1) is 15.6. The molecule has 4 aromatic heterocycles. The minimum absolute atomic E-state index is 0.0230. The molecule has 0 atom stereocenters. The highest BCUT2D eigenvalue weighted by molar-refractivity contribution is 7.99. The van der Waals surface area contributed by atoms with Gasteiger partial charge in [0.2, 0.25) is 11.1 Å². The Labute approximate surface area is 156 Å². The highest BCUT2D eigenvalue weighted by Crippen LogP contribution is 2.30. The molecule has 10 heteroatoms. The lowest BCUT2D eigenvalue weighted by molar-refractivity contribution is -0.117. The summed E-state index contributed by atoms with van der Waals surface area (Å²) in [5, 5.41) is 17.6. The number of aromatic nitrogens is 6. The van der Waals surface area contributed by atoms with E-state index in [1.807, 2.05) is 16.5 Å². The smallest absolute Gasteiger partial charge is 0.228 e. The van der Waals surface area contributed by atoms with Crippen LogP contribution in [0.15, 0.2) is 46.8 Å². The number of nitrogens with zero attached hydrogens (tertiary/aromatic N) is 6. The first-order chi connectivity index (χ1) is 12.7. The largest absolute Gasteiger partial charge is 0.309 e. The molecule has 0 aliphatic heterocycles. The van der Waals surface area contributed by atoms with Gasteiger partial charge in [0.15, 0.2) is 17.1 Å². The number of fused-ring (bicyclic) bond motifs is 2. The molecular weight excluding hydrogens is 374 g/mol. The zero-order valence-electron chi connectivity index (χ0n) is 13.3. The number of hydrogen-bond acceptors (Lipinski definition) is 6. The summed E-state index contributed by atoms with van der Waals surface area (Å²) in [5.41, 5.74) is 1.38. The zero-order chi connectivity index (χ0) is 17.7. The second kappa shape index (κ2) is 5.96. The third-order valence-corrected chi connectivity index (χ3v) is 5.14. The highest BCUT2D eigenvalue weighted by Gasteiger charge is 2.30. The lowest BCUT2D eigenvalue weighted by Crippen LogP contribution is -2.13. The van der Waals surface area contributed by atoms with Crippen LogP contribution >= 0.6 is 23.4 Å². The predicted octanol–water partition coefficient (Wildman–Crippen LogP) is 2.93. The van der Waals surface area contributed by atoms with Crippen molar-refractivity contribution in [1.82, 2.24) is 29.2 Å². The summed E-state index contributed by atoms with van der Waals surface area (Å²) in [6, 6.07) is 7.28. The minimum Gasteiger partial charge on any atom is -0.309 e. The topological polar surface area (TPSA) is 89.5 Å². The van der Waals surface area contributed by atoms with Crippen LogP contribution < -0.4 is 5.32 Å². The van der Waals surface area contributed by atoms with E-state index in [0.29, 0.717) is 27.3 Å². The molecule has 1 fully saturated rings. The minimum atomic E-state index is 0.0230. The van der Waals surface area contributed by atoms with Crippen molar-refractivity contribution < 1.29 is 4.79 Å². The molecule has 4 heterocycles. The predicted molar refractivity (Wildman–Crippen MR) is 96.5 cm³/mol. The normalized spacial score (nSPS) is 14.2. The van der Waals surface area contributed by atoms with Gasteiger partial charge in [0, 0.05) is 12.1 Å². The van der Waals surface area contributed by atoms with Crippen molar-refractivity contribution in [3.8, 4) is 0 Å². The van der Waals surface area contributed by atoms with Crippen LogP contribution in [0.4, 0.5) is 5.82 Å². The van der Waals surface area contributed by atoms with Crippen LogP contribution in [0, 0.1) is 5.92 Å². The van der Waals surface area contributed by atoms with Crippen LogP contribution in [0.1, 0.15) is 12.8 Å². The van der Waals surface area contributed by atoms with Gasteiger partial charge in [-0.2, -0.15) is 5.10 Å². The summed E-state index contributed by atoms with van der Waals surface area (Å²) in [6.07, 6.45) is 5.38. The SMILES string of the molecule is O=C(Nc1cn2nc(Sc3nnc4ccc(Cl)cn34)ccc2n1)C1CC1. The second-order valence-electron chi connectivity index (χ2n) is 6.02. The number of halogens is 1. The van der Waals surface area contributed by atoms with Gasteiger partial charge in [0.25, 0.3) is 0 Å². The molecule has 1 saturated carbocycles. The summed E-state index contributed by atoms with van der Waals surface area (Å²) in [4.78, 5) is 16.2. The molecule has 1 N–H and O–H groups in total. The van der Waals surface area contributed by atoms with Crippen molar-refractivity contribution in [2.45, 2.75) is 23.0 Å². The fourth-order valence-corrected chi connectivity index (χ4v) is 3.50. The summed E-state index contributed by atoms with van der Waals surface area (Å²) in [6.45, 7) is 0. The van der Waals surface area contributed by atoms with Gasteiger partial charge in [-0.1, -0.05) is 11.6 Å². The molecule has 4 aromatic rings. The highest BCUT2D eigenvalue weighted by atomic mass is 35.5. The van der Waals surface area contributed by atoms with Gasteiger partial charge in [0.05, 0.1) is 11.2 Å². The van der Waals surface area contributed by atoms with Crippen LogP contribution in [0.3, 0.4) is 0 Å². The van der Waals surface area contributed by atoms with Crippen molar-refractivity contribution in [3.63, 3.8) is 0 Å². The Morgan fingerprint density at radius 1 is 1.15 bits per heavy atom. The maximum atomic E-state index is 11.9. The maximum Gasteiger partial charge on any atom is 0.228 e. The van der Waals surface area contributed by atoms with Crippen LogP contribution in [-0.2, 0) is 4.79 Å². The van der Waals surface area contributed by atoms with Gasteiger partial charge in [-0.05, 0) is 48.9 Å². The molecule has 8 nitrogen and oxygen atoms in total. The van der Waals surface area contributed by atoms with E-state index < -0.39 is 0 Å². The number of imidazole rings is 1. The van der Waals surface area contributed by atoms with Crippen molar-refractivity contribution in [2.75, 3.05) is 5.32 Å². The Hall–Kier alpha value is -2.65. The molecule has 0 radical (unpaired) electrons. The fraction of sp³-hybridized carbons (Fsp3) is 0.188. The van der Waals surface area contributed by atoms with E-state index in [2.05, 4.69) is 25.6 Å². The van der Waals surface area contributed by atoms with E-state index in [-0.39, 0.29) is 11.8 Å². The number of carbonyl (C=O) groups excluding carboxylic acids is 1. The maximum absolute atomic E-state index is 11.9. The average Bonchev–Trinajstić information content (AvgIpc) is 3.30. The molecule has 0 saturated heterocycles. The molecule has 5 rings (SSSR count). The van der Waals surface area contributed by atoms with Crippen LogP contribution in [0.5, 0.6) is 0 Å². The van der Waals surface area contributed by atoms with Gasteiger partial charge < -0.3 is 5.32 Å². The van der Waals surface area contributed by atoms with Gasteiger partial charge in [-0.25, -0.2) is 9.50 Å². The van der Waals surface area contributed by atoms with Crippen LogP contribution in [-0.4, -0.2) is 35.1 Å². The fourth-order valence-electron chi connectivity index (χ4n) is 2.56. The number of pyridine rings is 1. The Bertz CT molecular complexity index is 1150. The van der Waals surface area contributed by atoms with Crippen molar-refractivity contribution in [3.05, 3.63) is 41.7 Å². The molecule has 1 aliphatic rings. The van der Waals surface area contributed by atoms with Crippen LogP contribution in [0.2, 0.25) is 5.02 Å². The summed E-state index contributed by atoms with van der Waals surface area (Å²) in [5.74, 6) is 0.665. The second-order valence-corrected chi connectivity index (χ2v) is 7.45. The summed E-state index contributed by atoms with van der Waals surface area (Å²) < 4.78 is 3.45. The van der Waals surface area contributed by atoms with E-state index in [1.54, 1.807) is 29.0 Å². The van der Waals surface area contributed by atoms with E-state index >= 15 is 0 Å². The average molecular weight is 386 g/mol. The number of nitrogens with one attached hydrogen (secondary N) is 1. The molecule has 1 aliphatic carbocycles. The number of rotatable bonds is 4. The Morgan fingerprint density at radius 2 is 2.00 bits per heavy atom. The van der Waals surface area contributed by atoms with E-state index in [9.17, 15) is 4.79 Å². The van der Waals surface area contributed by atoms with Gasteiger partial charge >= 0.3 is 0 Å². The van der Waals surface area contributed by atoms with Gasteiger partial charge in [-0.3, -0.25) is 9.20 Å². The first-order valence-corrected chi connectivity index (χ1v) is 9.20. The molecular formula is C16H12ClN7OS. The molecule has 0 aromatic carbocycles. The van der Waals surface area contributed by atoms with E-state index in [1.165, 1.54) is 11.8 Å². The molecule has 0 spiro atoms. The Kier molecular flexibility index (Phi) is 3.57. The quantitative estimate of drug-likeness (QED) is 0.581. The van der Waals surface area contributed by atoms with Crippen molar-refractivity contribution in [1.29, 1.82) is 0 Å². The number of anilines is 1. The summed E-state index contributed by atoms with van der Waals surface area (Å²) in [7, 11) is 0. The lowest BCUT2D eigenvalue weighted by Gasteiger charge is -2.00. The monoisotopic (exact) mass is 385 g/mol. The van der Waals surface area contributed by atoms with Crippen molar-refractivity contribution >= 4 is 46.4 Å². The third kappa shape index (κ3) is 2.89. The summed E-state index contributed by atoms with van der Waals surface area (Å²) >= 11 is 7.42. The molecule has 130 valence electrons. The molecule has 0 bridgehead atoms. The Morgan fingerprint density at radius 3 is 2.85 bits per heavy atom. The molecule has 0 unspecified atom stereocenters. The third-order valence-electron chi connectivity index (χ3n) is 4.03. The van der Waals surface area contributed by atoms with Crippen molar-refractivity contribution in [2.24, 2.45) is 5.92 Å².